The molecule has 1 heterocycles. The fourth-order valence-electron chi connectivity index (χ4n) is 2.20. The number of hydrogen-bond acceptors (Lipinski definition) is 3. The van der Waals surface area contributed by atoms with E-state index >= 15 is 0 Å². The molecule has 0 amide bonds. The lowest BCUT2D eigenvalue weighted by Gasteiger charge is -2.22. The molecule has 19 heavy (non-hydrogen) atoms. The number of furan rings is 1. The van der Waals surface area contributed by atoms with Gasteiger partial charge in [-0.25, -0.2) is 0 Å². The zero-order valence-electron chi connectivity index (χ0n) is 11.9. The normalized spacial score (nSPS) is 10.7. The van der Waals surface area contributed by atoms with Gasteiger partial charge in [0.05, 0.1) is 6.54 Å². The van der Waals surface area contributed by atoms with Crippen molar-refractivity contribution in [1.82, 2.24) is 0 Å². The fraction of sp³-hybridized carbons (Fsp3) is 0.375. The summed E-state index contributed by atoms with van der Waals surface area (Å²) in [5, 5.41) is 0. The van der Waals surface area contributed by atoms with Crippen LogP contribution in [0, 0.1) is 13.8 Å². The molecule has 0 saturated heterocycles. The van der Waals surface area contributed by atoms with Gasteiger partial charge in [0.15, 0.2) is 0 Å². The van der Waals surface area contributed by atoms with Crippen LogP contribution >= 0.6 is 0 Å². The maximum Gasteiger partial charge on any atom is 0.123 e. The maximum absolute atomic E-state index is 5.76. The van der Waals surface area contributed by atoms with Crippen molar-refractivity contribution in [2.75, 3.05) is 11.4 Å². The third-order valence-corrected chi connectivity index (χ3v) is 3.42. The first-order valence-electron chi connectivity index (χ1n) is 6.74. The summed E-state index contributed by atoms with van der Waals surface area (Å²) in [6.07, 6.45) is 0. The number of nitrogens with two attached hydrogens (primary N) is 1. The molecule has 0 fully saturated rings. The van der Waals surface area contributed by atoms with Crippen LogP contribution in [0.25, 0.3) is 0 Å². The lowest BCUT2D eigenvalue weighted by Crippen LogP contribution is -2.21. The number of nitrogens with zero attached hydrogens (tertiary/aromatic N) is 1. The standard InChI is InChI=1S/C16H22N2O/c1-4-18(15-7-5-12(2)6-8-15)11-16-9-14(10-17)13(3)19-16/h5-9H,4,10-11,17H2,1-3H3. The summed E-state index contributed by atoms with van der Waals surface area (Å²) in [5.41, 5.74) is 9.27. The van der Waals surface area contributed by atoms with E-state index in [0.29, 0.717) is 6.54 Å². The molecule has 0 saturated carbocycles. The smallest absolute Gasteiger partial charge is 0.123 e. The largest absolute Gasteiger partial charge is 0.464 e. The minimum absolute atomic E-state index is 0.534. The fourth-order valence-corrected chi connectivity index (χ4v) is 2.20. The van der Waals surface area contributed by atoms with Gasteiger partial charge in [0.25, 0.3) is 0 Å². The first-order valence-corrected chi connectivity index (χ1v) is 6.74. The van der Waals surface area contributed by atoms with Gasteiger partial charge in [-0.05, 0) is 39.0 Å². The summed E-state index contributed by atoms with van der Waals surface area (Å²) >= 11 is 0. The van der Waals surface area contributed by atoms with Crippen LogP contribution in [0.1, 0.15) is 29.6 Å². The Morgan fingerprint density at radius 1 is 1.16 bits per heavy atom. The van der Waals surface area contributed by atoms with Crippen molar-refractivity contribution in [2.24, 2.45) is 5.73 Å². The molecule has 2 N–H and O–H groups in total. The van der Waals surface area contributed by atoms with E-state index < -0.39 is 0 Å². The predicted octanol–water partition coefficient (Wildman–Crippen LogP) is 3.38. The van der Waals surface area contributed by atoms with Gasteiger partial charge in [-0.15, -0.1) is 0 Å². The van der Waals surface area contributed by atoms with E-state index in [9.17, 15) is 0 Å². The van der Waals surface area contributed by atoms with E-state index in [0.717, 1.165) is 30.2 Å². The van der Waals surface area contributed by atoms with Crippen LogP contribution in [0.2, 0.25) is 0 Å². The van der Waals surface area contributed by atoms with E-state index in [1.54, 1.807) is 0 Å². The summed E-state index contributed by atoms with van der Waals surface area (Å²) in [6.45, 7) is 8.48. The Balaban J connectivity index is 2.16. The van der Waals surface area contributed by atoms with Crippen molar-refractivity contribution in [3.8, 4) is 0 Å². The molecule has 0 aliphatic heterocycles. The van der Waals surface area contributed by atoms with E-state index in [1.807, 2.05) is 6.92 Å². The van der Waals surface area contributed by atoms with Gasteiger partial charge in [-0.1, -0.05) is 17.7 Å². The number of anilines is 1. The highest BCUT2D eigenvalue weighted by Crippen LogP contribution is 2.20. The van der Waals surface area contributed by atoms with Gasteiger partial charge in [-0.2, -0.15) is 0 Å². The van der Waals surface area contributed by atoms with Crippen LogP contribution in [0.4, 0.5) is 5.69 Å². The summed E-state index contributed by atoms with van der Waals surface area (Å²) in [6, 6.07) is 10.6. The molecule has 0 aliphatic rings. The molecule has 3 nitrogen and oxygen atoms in total. The Kier molecular flexibility index (Phi) is 4.27. The highest BCUT2D eigenvalue weighted by atomic mass is 16.3. The van der Waals surface area contributed by atoms with Crippen LogP contribution < -0.4 is 10.6 Å². The van der Waals surface area contributed by atoms with Crippen molar-refractivity contribution >= 4 is 5.69 Å². The van der Waals surface area contributed by atoms with Crippen molar-refractivity contribution in [1.29, 1.82) is 0 Å². The van der Waals surface area contributed by atoms with Gasteiger partial charge in [0.2, 0.25) is 0 Å². The second-order valence-electron chi connectivity index (χ2n) is 4.85. The maximum atomic E-state index is 5.76. The van der Waals surface area contributed by atoms with Crippen LogP contribution in [-0.2, 0) is 13.1 Å². The quantitative estimate of drug-likeness (QED) is 0.894. The molecular weight excluding hydrogens is 236 g/mol. The molecule has 1 aromatic heterocycles. The van der Waals surface area contributed by atoms with Gasteiger partial charge >= 0.3 is 0 Å². The number of hydrogen-bond donors (Lipinski definition) is 1. The summed E-state index contributed by atoms with van der Waals surface area (Å²) < 4.78 is 5.76. The molecular formula is C16H22N2O. The molecule has 0 bridgehead atoms. The van der Waals surface area contributed by atoms with Gasteiger partial charge in [-0.3, -0.25) is 0 Å². The molecule has 1 aromatic carbocycles. The highest BCUT2D eigenvalue weighted by Gasteiger charge is 2.10. The molecule has 0 spiro atoms. The molecule has 2 rings (SSSR count). The number of rotatable bonds is 5. The van der Waals surface area contributed by atoms with Crippen LogP contribution in [0.5, 0.6) is 0 Å². The first kappa shape index (κ1) is 13.7. The third-order valence-electron chi connectivity index (χ3n) is 3.42. The lowest BCUT2D eigenvalue weighted by atomic mass is 10.2. The predicted molar refractivity (Wildman–Crippen MR) is 79.2 cm³/mol. The summed E-state index contributed by atoms with van der Waals surface area (Å²) in [7, 11) is 0. The highest BCUT2D eigenvalue weighted by molar-refractivity contribution is 5.47. The van der Waals surface area contributed by atoms with Crippen molar-refractivity contribution in [2.45, 2.75) is 33.9 Å². The summed E-state index contributed by atoms with van der Waals surface area (Å²) in [4.78, 5) is 2.29. The van der Waals surface area contributed by atoms with E-state index in [1.165, 1.54) is 11.3 Å². The van der Waals surface area contributed by atoms with Crippen LogP contribution in [0.3, 0.4) is 0 Å². The van der Waals surface area contributed by atoms with Gasteiger partial charge in [0, 0.05) is 24.3 Å². The van der Waals surface area contributed by atoms with Crippen LogP contribution in [-0.4, -0.2) is 6.54 Å². The Bertz CT molecular complexity index is 528. The molecule has 3 heteroatoms. The SMILES string of the molecule is CCN(Cc1cc(CN)c(C)o1)c1ccc(C)cc1. The molecule has 0 radical (unpaired) electrons. The van der Waals surface area contributed by atoms with Crippen molar-refractivity contribution in [3.05, 3.63) is 53.0 Å². The minimum Gasteiger partial charge on any atom is -0.464 e. The second kappa shape index (κ2) is 5.93. The monoisotopic (exact) mass is 258 g/mol. The van der Waals surface area contributed by atoms with Crippen LogP contribution in [0.15, 0.2) is 34.7 Å². The average molecular weight is 258 g/mol. The number of benzene rings is 1. The average Bonchev–Trinajstić information content (AvgIpc) is 2.77. The van der Waals surface area contributed by atoms with Gasteiger partial charge < -0.3 is 15.1 Å². The Labute approximate surface area is 115 Å². The third kappa shape index (κ3) is 3.18. The minimum atomic E-state index is 0.534. The van der Waals surface area contributed by atoms with Gasteiger partial charge in [0.1, 0.15) is 11.5 Å². The van der Waals surface area contributed by atoms with E-state index in [2.05, 4.69) is 49.1 Å². The first-order chi connectivity index (χ1) is 9.13. The molecule has 102 valence electrons. The lowest BCUT2D eigenvalue weighted by molar-refractivity contribution is 0.476. The Hall–Kier alpha value is -1.74. The number of aryl methyl sites for hydroxylation is 2. The molecule has 0 aliphatic carbocycles. The zero-order valence-corrected chi connectivity index (χ0v) is 11.9. The van der Waals surface area contributed by atoms with Crippen molar-refractivity contribution < 1.29 is 4.42 Å². The van der Waals surface area contributed by atoms with E-state index in [4.69, 9.17) is 10.2 Å². The summed E-state index contributed by atoms with van der Waals surface area (Å²) in [5.74, 6) is 1.90. The Morgan fingerprint density at radius 2 is 1.84 bits per heavy atom. The Morgan fingerprint density at radius 3 is 2.37 bits per heavy atom. The topological polar surface area (TPSA) is 42.4 Å². The second-order valence-corrected chi connectivity index (χ2v) is 4.85. The van der Waals surface area contributed by atoms with Crippen molar-refractivity contribution in [3.63, 3.8) is 0 Å². The molecule has 2 aromatic rings. The molecule has 0 atom stereocenters. The zero-order chi connectivity index (χ0) is 13.8. The van der Waals surface area contributed by atoms with E-state index in [-0.39, 0.29) is 0 Å². The molecule has 0 unspecified atom stereocenters.